The van der Waals surface area contributed by atoms with E-state index in [1.165, 1.54) is 11.1 Å². The Morgan fingerprint density at radius 1 is 1.10 bits per heavy atom. The maximum absolute atomic E-state index is 13.3. The van der Waals surface area contributed by atoms with Gasteiger partial charge in [-0.25, -0.2) is 4.39 Å². The van der Waals surface area contributed by atoms with Gasteiger partial charge in [0.15, 0.2) is 0 Å². The summed E-state index contributed by atoms with van der Waals surface area (Å²) < 4.78 is 13.3. The fourth-order valence-corrected chi connectivity index (χ4v) is 2.49. The lowest BCUT2D eigenvalue weighted by molar-refractivity contribution is 0.525. The Morgan fingerprint density at radius 3 is 2.50 bits per heavy atom. The van der Waals surface area contributed by atoms with Gasteiger partial charge >= 0.3 is 0 Å². The van der Waals surface area contributed by atoms with E-state index in [0.717, 1.165) is 24.9 Å². The lowest BCUT2D eigenvalue weighted by atomic mass is 9.95. The van der Waals surface area contributed by atoms with Crippen LogP contribution in [-0.2, 0) is 6.42 Å². The van der Waals surface area contributed by atoms with Crippen molar-refractivity contribution in [3.8, 4) is 0 Å². The van der Waals surface area contributed by atoms with Crippen LogP contribution in [0.4, 0.5) is 4.39 Å². The fraction of sp³-hybridized carbons (Fsp3) is 0.333. The van der Waals surface area contributed by atoms with Crippen molar-refractivity contribution in [2.75, 3.05) is 6.54 Å². The number of aryl methyl sites for hydroxylation is 1. The first-order chi connectivity index (χ1) is 9.70. The maximum Gasteiger partial charge on any atom is 0.123 e. The molecule has 106 valence electrons. The molecule has 0 amide bonds. The minimum Gasteiger partial charge on any atom is -0.310 e. The van der Waals surface area contributed by atoms with E-state index in [0.29, 0.717) is 0 Å². The van der Waals surface area contributed by atoms with E-state index in [1.807, 2.05) is 19.1 Å². The van der Waals surface area contributed by atoms with E-state index in [-0.39, 0.29) is 11.9 Å². The molecule has 1 N–H and O–H groups in total. The third-order valence-electron chi connectivity index (χ3n) is 3.53. The van der Waals surface area contributed by atoms with Crippen molar-refractivity contribution in [2.24, 2.45) is 0 Å². The summed E-state index contributed by atoms with van der Waals surface area (Å²) in [5.41, 5.74) is 3.49. The Balaban J connectivity index is 2.22. The Hall–Kier alpha value is -1.67. The molecule has 0 bridgehead atoms. The summed E-state index contributed by atoms with van der Waals surface area (Å²) in [5, 5.41) is 3.57. The van der Waals surface area contributed by atoms with Gasteiger partial charge in [-0.15, -0.1) is 0 Å². The number of hydrogen-bond acceptors (Lipinski definition) is 1. The average Bonchev–Trinajstić information content (AvgIpc) is 2.45. The lowest BCUT2D eigenvalue weighted by Gasteiger charge is -2.21. The zero-order valence-electron chi connectivity index (χ0n) is 12.2. The SMILES string of the molecule is CCCNC(Cc1ccccc1)c1ccc(F)cc1C. The van der Waals surface area contributed by atoms with Crippen LogP contribution in [0.2, 0.25) is 0 Å². The third-order valence-corrected chi connectivity index (χ3v) is 3.53. The highest BCUT2D eigenvalue weighted by Gasteiger charge is 2.14. The normalized spacial score (nSPS) is 12.3. The molecule has 0 spiro atoms. The molecule has 1 unspecified atom stereocenters. The molecule has 1 atom stereocenters. The highest BCUT2D eigenvalue weighted by Crippen LogP contribution is 2.22. The van der Waals surface area contributed by atoms with Gasteiger partial charge in [-0.1, -0.05) is 43.3 Å². The molecule has 20 heavy (non-hydrogen) atoms. The van der Waals surface area contributed by atoms with Crippen LogP contribution in [0.3, 0.4) is 0 Å². The standard InChI is InChI=1S/C18H22FN/c1-3-11-20-18(13-15-7-5-4-6-8-15)17-10-9-16(19)12-14(17)2/h4-10,12,18,20H,3,11,13H2,1-2H3. The lowest BCUT2D eigenvalue weighted by Crippen LogP contribution is -2.24. The number of hydrogen-bond donors (Lipinski definition) is 1. The van der Waals surface area contributed by atoms with Crippen LogP contribution >= 0.6 is 0 Å². The summed E-state index contributed by atoms with van der Waals surface area (Å²) in [7, 11) is 0. The Bertz CT molecular complexity index is 536. The van der Waals surface area contributed by atoms with Crippen LogP contribution in [0.1, 0.15) is 36.1 Å². The van der Waals surface area contributed by atoms with Crippen molar-refractivity contribution < 1.29 is 4.39 Å². The summed E-state index contributed by atoms with van der Waals surface area (Å²) in [6.07, 6.45) is 2.01. The van der Waals surface area contributed by atoms with Crippen molar-refractivity contribution in [1.29, 1.82) is 0 Å². The van der Waals surface area contributed by atoms with Gasteiger partial charge in [-0.05, 0) is 55.1 Å². The van der Waals surface area contributed by atoms with Crippen molar-refractivity contribution in [1.82, 2.24) is 5.32 Å². The van der Waals surface area contributed by atoms with E-state index >= 15 is 0 Å². The van der Waals surface area contributed by atoms with E-state index < -0.39 is 0 Å². The first-order valence-electron chi connectivity index (χ1n) is 7.24. The van der Waals surface area contributed by atoms with Crippen LogP contribution in [0.15, 0.2) is 48.5 Å². The molecular formula is C18H22FN. The molecule has 0 aliphatic rings. The second kappa shape index (κ2) is 7.20. The molecular weight excluding hydrogens is 249 g/mol. The predicted octanol–water partition coefficient (Wildman–Crippen LogP) is 4.42. The second-order valence-corrected chi connectivity index (χ2v) is 5.20. The molecule has 0 aromatic heterocycles. The molecule has 0 aliphatic carbocycles. The largest absolute Gasteiger partial charge is 0.310 e. The monoisotopic (exact) mass is 271 g/mol. The highest BCUT2D eigenvalue weighted by atomic mass is 19.1. The van der Waals surface area contributed by atoms with Gasteiger partial charge in [-0.2, -0.15) is 0 Å². The topological polar surface area (TPSA) is 12.0 Å². The van der Waals surface area contributed by atoms with Crippen LogP contribution < -0.4 is 5.32 Å². The number of benzene rings is 2. The van der Waals surface area contributed by atoms with Gasteiger partial charge < -0.3 is 5.32 Å². The molecule has 2 rings (SSSR count). The van der Waals surface area contributed by atoms with Gasteiger partial charge in [0, 0.05) is 6.04 Å². The molecule has 0 heterocycles. The van der Waals surface area contributed by atoms with Crippen molar-refractivity contribution in [3.63, 3.8) is 0 Å². The first kappa shape index (κ1) is 14.7. The van der Waals surface area contributed by atoms with Crippen molar-refractivity contribution >= 4 is 0 Å². The molecule has 1 nitrogen and oxygen atoms in total. The summed E-state index contributed by atoms with van der Waals surface area (Å²) >= 11 is 0. The van der Waals surface area contributed by atoms with Crippen LogP contribution in [0.25, 0.3) is 0 Å². The zero-order valence-corrected chi connectivity index (χ0v) is 12.2. The molecule has 2 aromatic rings. The van der Waals surface area contributed by atoms with Crippen molar-refractivity contribution in [3.05, 3.63) is 71.0 Å². The second-order valence-electron chi connectivity index (χ2n) is 5.20. The van der Waals surface area contributed by atoms with E-state index in [9.17, 15) is 4.39 Å². The Kier molecular flexibility index (Phi) is 5.31. The molecule has 0 saturated carbocycles. The van der Waals surface area contributed by atoms with E-state index in [1.54, 1.807) is 12.1 Å². The summed E-state index contributed by atoms with van der Waals surface area (Å²) in [5.74, 6) is -0.166. The quantitative estimate of drug-likeness (QED) is 0.820. The zero-order chi connectivity index (χ0) is 14.4. The average molecular weight is 271 g/mol. The molecule has 0 saturated heterocycles. The Morgan fingerprint density at radius 2 is 1.85 bits per heavy atom. The van der Waals surface area contributed by atoms with Gasteiger partial charge in [0.25, 0.3) is 0 Å². The number of rotatable bonds is 6. The maximum atomic E-state index is 13.3. The Labute approximate surface area is 120 Å². The molecule has 2 heteroatoms. The van der Waals surface area contributed by atoms with E-state index in [4.69, 9.17) is 0 Å². The summed E-state index contributed by atoms with van der Waals surface area (Å²) in [6, 6.07) is 15.7. The van der Waals surface area contributed by atoms with Gasteiger partial charge in [-0.3, -0.25) is 0 Å². The third kappa shape index (κ3) is 3.91. The van der Waals surface area contributed by atoms with Gasteiger partial charge in [0.1, 0.15) is 5.82 Å². The van der Waals surface area contributed by atoms with Crippen LogP contribution in [0, 0.1) is 12.7 Å². The molecule has 0 radical (unpaired) electrons. The summed E-state index contributed by atoms with van der Waals surface area (Å²) in [4.78, 5) is 0. The highest BCUT2D eigenvalue weighted by molar-refractivity contribution is 5.31. The number of halogens is 1. The minimum absolute atomic E-state index is 0.166. The smallest absolute Gasteiger partial charge is 0.123 e. The predicted molar refractivity (Wildman–Crippen MR) is 82.3 cm³/mol. The van der Waals surface area contributed by atoms with Crippen LogP contribution in [0.5, 0.6) is 0 Å². The minimum atomic E-state index is -0.166. The van der Waals surface area contributed by atoms with E-state index in [2.05, 4.69) is 36.5 Å². The van der Waals surface area contributed by atoms with Gasteiger partial charge in [0.05, 0.1) is 0 Å². The number of nitrogens with one attached hydrogen (secondary N) is 1. The fourth-order valence-electron chi connectivity index (χ4n) is 2.49. The summed E-state index contributed by atoms with van der Waals surface area (Å²) in [6.45, 7) is 5.10. The first-order valence-corrected chi connectivity index (χ1v) is 7.24. The molecule has 0 fully saturated rings. The van der Waals surface area contributed by atoms with Crippen molar-refractivity contribution in [2.45, 2.75) is 32.7 Å². The molecule has 2 aromatic carbocycles. The van der Waals surface area contributed by atoms with Gasteiger partial charge in [0.2, 0.25) is 0 Å². The van der Waals surface area contributed by atoms with Crippen LogP contribution in [-0.4, -0.2) is 6.54 Å². The molecule has 0 aliphatic heterocycles.